The van der Waals surface area contributed by atoms with E-state index in [4.69, 9.17) is 0 Å². The van der Waals surface area contributed by atoms with Crippen LogP contribution in [0.4, 0.5) is 28.4 Å². The molecule has 0 saturated heterocycles. The van der Waals surface area contributed by atoms with Gasteiger partial charge in [0.05, 0.1) is 11.7 Å². The van der Waals surface area contributed by atoms with Crippen LogP contribution in [0.15, 0.2) is 194 Å². The van der Waals surface area contributed by atoms with E-state index in [1.807, 2.05) is 0 Å². The third-order valence-electron chi connectivity index (χ3n) is 9.75. The first kappa shape index (κ1) is 28.1. The molecule has 48 heavy (non-hydrogen) atoms. The molecule has 228 valence electrons. The standard InChI is InChI=1S/C46H34N2/c1-4-14-35(15-5-1)45-41-21-11-10-16-36(41)32-43-42-22-12-13-23-44(42)48(46(43)45)40-30-26-34(27-31-40)33-24-28-39(29-25-33)47(37-17-6-2-7-18-37)38-19-8-3-9-20-38/h1-32,42,44H. The van der Waals surface area contributed by atoms with Gasteiger partial charge in [-0.15, -0.1) is 0 Å². The van der Waals surface area contributed by atoms with Gasteiger partial charge in [-0.2, -0.15) is 0 Å². The molecule has 1 aliphatic heterocycles. The van der Waals surface area contributed by atoms with E-state index in [2.05, 4.69) is 204 Å². The fourth-order valence-electron chi connectivity index (χ4n) is 7.57. The highest BCUT2D eigenvalue weighted by Gasteiger charge is 2.39. The summed E-state index contributed by atoms with van der Waals surface area (Å²) in [6.45, 7) is 0. The molecule has 2 atom stereocenters. The Bertz CT molecular complexity index is 2230. The minimum atomic E-state index is 0.219. The SMILES string of the molecule is C1=CC2c3cc4ccccc4c(-c4ccccc4)c3N(c3ccc(-c4ccc(N(c5ccccc5)c5ccccc5)cc4)cc3)C2C=C1. The topological polar surface area (TPSA) is 6.48 Å². The highest BCUT2D eigenvalue weighted by atomic mass is 15.2. The highest BCUT2D eigenvalue weighted by molar-refractivity contribution is 6.07. The summed E-state index contributed by atoms with van der Waals surface area (Å²) in [5, 5.41) is 2.58. The Morgan fingerprint density at radius 1 is 0.458 bits per heavy atom. The molecular formula is C46H34N2. The zero-order valence-corrected chi connectivity index (χ0v) is 26.5. The molecule has 9 rings (SSSR count). The quantitative estimate of drug-likeness (QED) is 0.184. The van der Waals surface area contributed by atoms with E-state index in [9.17, 15) is 0 Å². The molecule has 0 fully saturated rings. The predicted molar refractivity (Wildman–Crippen MR) is 203 cm³/mol. The summed E-state index contributed by atoms with van der Waals surface area (Å²) >= 11 is 0. The second-order valence-electron chi connectivity index (χ2n) is 12.5. The summed E-state index contributed by atoms with van der Waals surface area (Å²) in [7, 11) is 0. The average Bonchev–Trinajstić information content (AvgIpc) is 3.49. The molecule has 1 heterocycles. The van der Waals surface area contributed by atoms with Gasteiger partial charge in [-0.25, -0.2) is 0 Å². The Labute approximate surface area is 282 Å². The maximum absolute atomic E-state index is 2.57. The number of hydrogen-bond acceptors (Lipinski definition) is 2. The molecular weight excluding hydrogens is 581 g/mol. The summed E-state index contributed by atoms with van der Waals surface area (Å²) in [5.74, 6) is 0.293. The average molecular weight is 615 g/mol. The van der Waals surface area contributed by atoms with Crippen LogP contribution in [0.3, 0.4) is 0 Å². The maximum Gasteiger partial charge on any atom is 0.0629 e. The van der Waals surface area contributed by atoms with Crippen LogP contribution >= 0.6 is 0 Å². The van der Waals surface area contributed by atoms with Gasteiger partial charge in [0.25, 0.3) is 0 Å². The van der Waals surface area contributed by atoms with Crippen LogP contribution in [-0.4, -0.2) is 6.04 Å². The lowest BCUT2D eigenvalue weighted by Crippen LogP contribution is -2.28. The van der Waals surface area contributed by atoms with Crippen LogP contribution in [0.2, 0.25) is 0 Å². The van der Waals surface area contributed by atoms with Crippen LogP contribution < -0.4 is 9.80 Å². The highest BCUT2D eigenvalue weighted by Crippen LogP contribution is 2.54. The number of benzene rings is 7. The Hall–Kier alpha value is -6.12. The summed E-state index contributed by atoms with van der Waals surface area (Å²) in [6.07, 6.45) is 9.14. The fourth-order valence-corrected chi connectivity index (χ4v) is 7.57. The van der Waals surface area contributed by atoms with Crippen molar-refractivity contribution in [2.75, 3.05) is 9.80 Å². The van der Waals surface area contributed by atoms with Crippen molar-refractivity contribution in [3.63, 3.8) is 0 Å². The van der Waals surface area contributed by atoms with Crippen LogP contribution in [0.5, 0.6) is 0 Å². The van der Waals surface area contributed by atoms with Crippen molar-refractivity contribution in [3.8, 4) is 22.3 Å². The molecule has 7 aromatic rings. The van der Waals surface area contributed by atoms with E-state index in [0.29, 0.717) is 5.92 Å². The van der Waals surface area contributed by atoms with Crippen LogP contribution in [-0.2, 0) is 0 Å². The van der Waals surface area contributed by atoms with Crippen molar-refractivity contribution in [2.45, 2.75) is 12.0 Å². The predicted octanol–water partition coefficient (Wildman–Crippen LogP) is 12.4. The van der Waals surface area contributed by atoms with E-state index in [0.717, 1.165) is 17.1 Å². The van der Waals surface area contributed by atoms with Gasteiger partial charge in [-0.1, -0.05) is 140 Å². The first-order chi connectivity index (χ1) is 23.8. The Morgan fingerprint density at radius 3 is 1.67 bits per heavy atom. The smallest absolute Gasteiger partial charge is 0.0629 e. The first-order valence-electron chi connectivity index (χ1n) is 16.7. The lowest BCUT2D eigenvalue weighted by atomic mass is 9.87. The summed E-state index contributed by atoms with van der Waals surface area (Å²) in [5.41, 5.74) is 12.3. The second-order valence-corrected chi connectivity index (χ2v) is 12.5. The summed E-state index contributed by atoms with van der Waals surface area (Å²) in [4.78, 5) is 4.87. The zero-order chi connectivity index (χ0) is 31.9. The van der Waals surface area contributed by atoms with Crippen molar-refractivity contribution in [2.24, 2.45) is 0 Å². The minimum absolute atomic E-state index is 0.219. The van der Waals surface area contributed by atoms with E-state index >= 15 is 0 Å². The lowest BCUT2D eigenvalue weighted by Gasteiger charge is -2.30. The molecule has 0 saturated carbocycles. The Balaban J connectivity index is 1.11. The van der Waals surface area contributed by atoms with E-state index in [1.165, 1.54) is 50.0 Å². The van der Waals surface area contributed by atoms with Gasteiger partial charge in [0, 0.05) is 34.2 Å². The first-order valence-corrected chi connectivity index (χ1v) is 16.7. The van der Waals surface area contributed by atoms with Crippen molar-refractivity contribution in [1.29, 1.82) is 0 Å². The number of nitrogens with zero attached hydrogens (tertiary/aromatic N) is 2. The molecule has 0 radical (unpaired) electrons. The molecule has 0 spiro atoms. The van der Waals surface area contributed by atoms with Gasteiger partial charge in [-0.3, -0.25) is 0 Å². The van der Waals surface area contributed by atoms with Crippen molar-refractivity contribution in [1.82, 2.24) is 0 Å². The molecule has 0 amide bonds. The molecule has 2 aliphatic rings. The van der Waals surface area contributed by atoms with Crippen LogP contribution in [0, 0.1) is 0 Å². The van der Waals surface area contributed by atoms with E-state index in [-0.39, 0.29) is 6.04 Å². The third-order valence-corrected chi connectivity index (χ3v) is 9.75. The van der Waals surface area contributed by atoms with Crippen molar-refractivity contribution in [3.05, 3.63) is 200 Å². The third kappa shape index (κ3) is 4.82. The molecule has 2 heteroatoms. The largest absolute Gasteiger partial charge is 0.333 e. The van der Waals surface area contributed by atoms with Gasteiger partial charge < -0.3 is 9.80 Å². The number of rotatable bonds is 6. The van der Waals surface area contributed by atoms with Crippen molar-refractivity contribution < 1.29 is 0 Å². The van der Waals surface area contributed by atoms with Gasteiger partial charge in [0.2, 0.25) is 0 Å². The van der Waals surface area contributed by atoms with Crippen molar-refractivity contribution >= 4 is 39.2 Å². The number of anilines is 5. The van der Waals surface area contributed by atoms with E-state index < -0.39 is 0 Å². The molecule has 0 aromatic heterocycles. The number of para-hydroxylation sites is 2. The van der Waals surface area contributed by atoms with Gasteiger partial charge in [0.15, 0.2) is 0 Å². The second kappa shape index (κ2) is 11.9. The van der Waals surface area contributed by atoms with Gasteiger partial charge >= 0.3 is 0 Å². The molecule has 1 aliphatic carbocycles. The van der Waals surface area contributed by atoms with Gasteiger partial charge in [0.1, 0.15) is 0 Å². The monoisotopic (exact) mass is 614 g/mol. The lowest BCUT2D eigenvalue weighted by molar-refractivity contribution is 0.745. The summed E-state index contributed by atoms with van der Waals surface area (Å²) in [6, 6.07) is 61.5. The zero-order valence-electron chi connectivity index (χ0n) is 26.5. The Kier molecular flexibility index (Phi) is 6.98. The van der Waals surface area contributed by atoms with Gasteiger partial charge in [-0.05, 0) is 87.6 Å². The van der Waals surface area contributed by atoms with Crippen LogP contribution in [0.25, 0.3) is 33.0 Å². The molecule has 0 bridgehead atoms. The molecule has 2 nitrogen and oxygen atoms in total. The molecule has 2 unspecified atom stereocenters. The Morgan fingerprint density at radius 2 is 1.00 bits per heavy atom. The normalized spacial score (nSPS) is 16.1. The summed E-state index contributed by atoms with van der Waals surface area (Å²) < 4.78 is 0. The van der Waals surface area contributed by atoms with Crippen LogP contribution in [0.1, 0.15) is 11.5 Å². The number of allylic oxidation sites excluding steroid dienone is 2. The molecule has 0 N–H and O–H groups in total. The number of fused-ring (bicyclic) bond motifs is 4. The minimum Gasteiger partial charge on any atom is -0.333 e. The molecule has 7 aromatic carbocycles. The maximum atomic E-state index is 2.57. The fraction of sp³-hybridized carbons (Fsp3) is 0.0435. The number of hydrogen-bond donors (Lipinski definition) is 0. The van der Waals surface area contributed by atoms with E-state index in [1.54, 1.807) is 0 Å².